The fraction of sp³-hybridized carbons (Fsp3) is 0.912. The van der Waals surface area contributed by atoms with E-state index in [1.165, 1.54) is 170 Å². The van der Waals surface area contributed by atoms with E-state index in [4.69, 9.17) is 56.8 Å². The zero-order chi connectivity index (χ0) is 63.6. The summed E-state index contributed by atoms with van der Waals surface area (Å²) in [6.45, 7) is 22.0. The predicted molar refractivity (Wildman–Crippen MR) is 328 cm³/mol. The summed E-state index contributed by atoms with van der Waals surface area (Å²) in [5.74, 6) is -7.94. The molecule has 3 aliphatic rings. The van der Waals surface area contributed by atoms with E-state index in [1.54, 1.807) is 6.92 Å². The molecule has 0 radical (unpaired) electrons. The third kappa shape index (κ3) is 27.4. The molecule has 0 aliphatic carbocycles. The smallest absolute Gasteiger partial charge is 0.366 e. The lowest BCUT2D eigenvalue weighted by atomic mass is 9.76. The summed E-state index contributed by atoms with van der Waals surface area (Å²) in [5, 5.41) is 0. The molecule has 500 valence electrons. The van der Waals surface area contributed by atoms with E-state index in [2.05, 4.69) is 13.8 Å². The van der Waals surface area contributed by atoms with Crippen molar-refractivity contribution in [1.82, 2.24) is 0 Å². The fourth-order valence-corrected chi connectivity index (χ4v) is 12.9. The monoisotopic (exact) mass is 1220 g/mol. The van der Waals surface area contributed by atoms with Crippen molar-refractivity contribution >= 4 is 35.8 Å². The Bertz CT molecular complexity index is 1890. The summed E-state index contributed by atoms with van der Waals surface area (Å²) >= 11 is 0. The van der Waals surface area contributed by atoms with Gasteiger partial charge in [0.1, 0.15) is 37.6 Å². The quantitative estimate of drug-likeness (QED) is 0.0315. The van der Waals surface area contributed by atoms with Gasteiger partial charge in [0.05, 0.1) is 25.9 Å². The Morgan fingerprint density at radius 3 is 1.41 bits per heavy atom. The first-order chi connectivity index (χ1) is 41.1. The Balaban J connectivity index is 1.96. The van der Waals surface area contributed by atoms with E-state index >= 15 is 0 Å². The number of rotatable bonds is 44. The largest absolute Gasteiger partial charge is 0.465 e. The molecule has 3 aliphatic heterocycles. The maximum absolute atomic E-state index is 14.4. The van der Waals surface area contributed by atoms with Crippen LogP contribution in [0.1, 0.15) is 270 Å². The third-order valence-corrected chi connectivity index (χ3v) is 18.2. The highest BCUT2D eigenvalue weighted by Crippen LogP contribution is 2.46. The van der Waals surface area contributed by atoms with Crippen molar-refractivity contribution in [1.29, 1.82) is 0 Å². The van der Waals surface area contributed by atoms with E-state index in [0.717, 1.165) is 38.5 Å². The van der Waals surface area contributed by atoms with Gasteiger partial charge in [-0.1, -0.05) is 209 Å². The average molecular weight is 1230 g/mol. The summed E-state index contributed by atoms with van der Waals surface area (Å²) in [4.78, 5) is 78.1. The highest BCUT2D eigenvalue weighted by molar-refractivity contribution is 5.78. The SMILES string of the molecule is CCCCCCCCCCCCCCC(CCCCCCCCCCCCCC)CO[C@H]1OC(COC(C)=O)[C@@H](O[C@@H]2OC(COC(C)=O)[C@H](C)[C@H](O[C@]3(C(=O)OC)CC(C)[C@H](C)[C@H]([C@H](C)[C@@H](CC)OC(C)=O)O3)C2OC(C)=O)C(C)C1OC(C)=O. The molecule has 16 atom stereocenters. The van der Waals surface area contributed by atoms with Gasteiger partial charge in [0.15, 0.2) is 24.8 Å². The van der Waals surface area contributed by atoms with Crippen LogP contribution in [-0.4, -0.2) is 130 Å². The minimum Gasteiger partial charge on any atom is -0.465 e. The van der Waals surface area contributed by atoms with Gasteiger partial charge in [-0.15, -0.1) is 0 Å². The van der Waals surface area contributed by atoms with Crippen LogP contribution in [-0.2, 0) is 85.6 Å². The third-order valence-electron chi connectivity index (χ3n) is 18.2. The average Bonchev–Trinajstić information content (AvgIpc) is 0.848. The lowest BCUT2D eigenvalue weighted by molar-refractivity contribution is -0.378. The lowest BCUT2D eigenvalue weighted by Gasteiger charge is -2.52. The number of esters is 6. The van der Waals surface area contributed by atoms with Gasteiger partial charge in [0, 0.05) is 58.8 Å². The zero-order valence-electron chi connectivity index (χ0n) is 56.0. The molecule has 3 fully saturated rings. The molecule has 3 rings (SSSR count). The first-order valence-electron chi connectivity index (χ1n) is 33.9. The molecule has 0 saturated carbocycles. The molecule has 3 saturated heterocycles. The molecular weight excluding hydrogens is 1100 g/mol. The van der Waals surface area contributed by atoms with Crippen LogP contribution in [0.25, 0.3) is 0 Å². The zero-order valence-corrected chi connectivity index (χ0v) is 56.0. The molecule has 0 bridgehead atoms. The highest BCUT2D eigenvalue weighted by atomic mass is 16.8. The van der Waals surface area contributed by atoms with E-state index in [0.29, 0.717) is 13.0 Å². The van der Waals surface area contributed by atoms with Crippen LogP contribution in [0.15, 0.2) is 0 Å². The van der Waals surface area contributed by atoms with E-state index in [9.17, 15) is 28.8 Å². The fourth-order valence-electron chi connectivity index (χ4n) is 12.9. The highest BCUT2D eigenvalue weighted by Gasteiger charge is 2.60. The molecule has 3 heterocycles. The van der Waals surface area contributed by atoms with Gasteiger partial charge < -0.3 is 56.8 Å². The van der Waals surface area contributed by atoms with E-state index in [1.807, 2.05) is 34.6 Å². The van der Waals surface area contributed by atoms with Crippen molar-refractivity contribution in [2.24, 2.45) is 35.5 Å². The van der Waals surface area contributed by atoms with Crippen LogP contribution >= 0.6 is 0 Å². The van der Waals surface area contributed by atoms with Crippen LogP contribution in [0.2, 0.25) is 0 Å². The molecule has 18 heteroatoms. The molecular formula is C68H120O18. The number of ether oxygens (including phenoxy) is 12. The molecule has 0 aromatic carbocycles. The molecule has 0 spiro atoms. The van der Waals surface area contributed by atoms with Crippen molar-refractivity contribution in [2.45, 2.75) is 337 Å². The second kappa shape index (κ2) is 42.5. The van der Waals surface area contributed by atoms with Crippen molar-refractivity contribution in [3.63, 3.8) is 0 Å². The van der Waals surface area contributed by atoms with Gasteiger partial charge in [0.25, 0.3) is 5.79 Å². The summed E-state index contributed by atoms with van der Waals surface area (Å²) in [6, 6.07) is 0. The van der Waals surface area contributed by atoms with Crippen LogP contribution < -0.4 is 0 Å². The predicted octanol–water partition coefficient (Wildman–Crippen LogP) is 14.2. The first-order valence-corrected chi connectivity index (χ1v) is 33.9. The molecule has 6 unspecified atom stereocenters. The molecule has 0 N–H and O–H groups in total. The Morgan fingerprint density at radius 2 is 0.965 bits per heavy atom. The molecule has 18 nitrogen and oxygen atoms in total. The second-order valence-electron chi connectivity index (χ2n) is 25.6. The van der Waals surface area contributed by atoms with Crippen LogP contribution in [0.5, 0.6) is 0 Å². The lowest BCUT2D eigenvalue weighted by Crippen LogP contribution is -2.66. The van der Waals surface area contributed by atoms with Gasteiger partial charge >= 0.3 is 35.8 Å². The number of hydrogen-bond acceptors (Lipinski definition) is 18. The summed E-state index contributed by atoms with van der Waals surface area (Å²) in [6.07, 6.45) is 22.1. The van der Waals surface area contributed by atoms with Gasteiger partial charge in [-0.2, -0.15) is 0 Å². The van der Waals surface area contributed by atoms with Gasteiger partial charge in [-0.3, -0.25) is 24.0 Å². The summed E-state index contributed by atoms with van der Waals surface area (Å²) < 4.78 is 75.5. The van der Waals surface area contributed by atoms with Gasteiger partial charge in [-0.05, 0) is 37.0 Å². The topological polar surface area (TPSA) is 213 Å². The summed E-state index contributed by atoms with van der Waals surface area (Å²) in [7, 11) is 1.22. The Morgan fingerprint density at radius 1 is 0.512 bits per heavy atom. The maximum atomic E-state index is 14.4. The Labute approximate surface area is 519 Å². The van der Waals surface area contributed by atoms with Gasteiger partial charge in [-0.25, -0.2) is 4.79 Å². The molecule has 0 amide bonds. The van der Waals surface area contributed by atoms with Gasteiger partial charge in [0.2, 0.25) is 0 Å². The molecule has 86 heavy (non-hydrogen) atoms. The van der Waals surface area contributed by atoms with Crippen LogP contribution in [0.4, 0.5) is 0 Å². The minimum atomic E-state index is -2.10. The maximum Gasteiger partial charge on any atom is 0.366 e. The Hall–Kier alpha value is -3.42. The van der Waals surface area contributed by atoms with Crippen molar-refractivity contribution in [2.75, 3.05) is 26.9 Å². The van der Waals surface area contributed by atoms with Crippen LogP contribution in [0, 0.1) is 35.5 Å². The summed E-state index contributed by atoms with van der Waals surface area (Å²) in [5.41, 5.74) is 0. The number of hydrogen-bond donors (Lipinski definition) is 0. The van der Waals surface area contributed by atoms with Crippen LogP contribution in [0.3, 0.4) is 0 Å². The number of methoxy groups -OCH3 is 1. The molecule has 0 aromatic rings. The van der Waals surface area contributed by atoms with E-state index in [-0.39, 0.29) is 37.4 Å². The number of unbranched alkanes of at least 4 members (excludes halogenated alkanes) is 22. The van der Waals surface area contributed by atoms with Crippen molar-refractivity contribution in [3.05, 3.63) is 0 Å². The minimum absolute atomic E-state index is 0.0222. The number of carbonyl (C=O) groups excluding carboxylic acids is 6. The van der Waals surface area contributed by atoms with E-state index < -0.39 is 121 Å². The Kier molecular flexibility index (Phi) is 38.0. The first kappa shape index (κ1) is 76.8. The normalized spacial score (nSPS) is 28.3. The van der Waals surface area contributed by atoms with Crippen molar-refractivity contribution in [3.8, 4) is 0 Å². The second-order valence-corrected chi connectivity index (χ2v) is 25.6. The molecule has 0 aromatic heterocycles. The van der Waals surface area contributed by atoms with Crippen molar-refractivity contribution < 1.29 is 85.6 Å². The number of carbonyl (C=O) groups is 6. The standard InChI is InChI=1S/C68H120O18/c1-15-18-20-22-24-26-28-30-32-34-36-38-40-56(41-39-37-35-33-31-29-27-25-23-21-19-16-2)43-78-65-63(80-54(12)72)50(8)61(59(83-65)45-77-52(10)70)84-66-64(81-55(13)73)62(49(7)58(82-66)44-76-51(9)69)86-68(67(74)75-14)42-46(4)47(5)60(85-68)48(6)57(17-3)79-53(11)71/h46-50,56-66H,15-45H2,1-14H3/t46?,47-,48+,49-,50?,57+,58?,59?,60+,61-,62-,63?,64?,65-,66-,68-/m0/s1.